The Bertz CT molecular complexity index is 957. The lowest BCUT2D eigenvalue weighted by molar-refractivity contribution is -0.293. The molecule has 0 aromatic carbocycles. The van der Waals surface area contributed by atoms with Gasteiger partial charge in [0.05, 0.1) is 12.7 Å². The van der Waals surface area contributed by atoms with Gasteiger partial charge in [0.15, 0.2) is 6.29 Å². The number of carbonyl (C=O) groups is 1. The highest BCUT2D eigenvalue weighted by molar-refractivity contribution is 5.67. The van der Waals surface area contributed by atoms with Gasteiger partial charge in [-0.1, -0.05) is 65.0 Å². The molecule has 3 fully saturated rings. The van der Waals surface area contributed by atoms with E-state index in [9.17, 15) is 20.1 Å². The van der Waals surface area contributed by atoms with Crippen molar-refractivity contribution < 1.29 is 34.3 Å². The first-order valence-electron chi connectivity index (χ1n) is 18.3. The topological polar surface area (TPSA) is 117 Å². The van der Waals surface area contributed by atoms with Crippen LogP contribution in [-0.2, 0) is 14.2 Å². The molecule has 4 rings (SSSR count). The first kappa shape index (κ1) is 36.6. The minimum atomic E-state index is -1.32. The summed E-state index contributed by atoms with van der Waals surface area (Å²) in [6.07, 6.45) is 11.8. The molecule has 1 amide bonds. The van der Waals surface area contributed by atoms with Crippen molar-refractivity contribution >= 4 is 6.09 Å². The van der Waals surface area contributed by atoms with Crippen LogP contribution >= 0.6 is 0 Å². The van der Waals surface area contributed by atoms with Gasteiger partial charge in [-0.05, 0) is 106 Å². The number of carbonyl (C=O) groups excluding carboxylic acids is 1. The van der Waals surface area contributed by atoms with Crippen LogP contribution in [0.5, 0.6) is 0 Å². The minimum absolute atomic E-state index is 0.120. The normalized spacial score (nSPS) is 41.0. The second-order valence-electron chi connectivity index (χ2n) is 15.8. The number of allylic oxidation sites excluding steroid dienone is 1. The van der Waals surface area contributed by atoms with Crippen LogP contribution in [0.25, 0.3) is 0 Å². The summed E-state index contributed by atoms with van der Waals surface area (Å²) >= 11 is 0. The number of alkyl carbamates (subject to hydrolysis) is 1. The van der Waals surface area contributed by atoms with Crippen molar-refractivity contribution in [2.24, 2.45) is 40.9 Å². The number of hydrogen-bond acceptors (Lipinski definition) is 7. The quantitative estimate of drug-likeness (QED) is 0.147. The van der Waals surface area contributed by atoms with Gasteiger partial charge >= 0.3 is 6.09 Å². The lowest BCUT2D eigenvalue weighted by Gasteiger charge is -2.50. The van der Waals surface area contributed by atoms with E-state index in [1.54, 1.807) is 6.92 Å². The van der Waals surface area contributed by atoms with Crippen molar-refractivity contribution in [2.45, 2.75) is 162 Å². The maximum Gasteiger partial charge on any atom is 0.407 e. The molecular formula is C37H65NO7. The molecule has 1 saturated heterocycles. The van der Waals surface area contributed by atoms with E-state index in [0.717, 1.165) is 61.2 Å². The monoisotopic (exact) mass is 635 g/mol. The number of fused-ring (bicyclic) bond motifs is 3. The molecule has 3 aliphatic carbocycles. The first-order valence-corrected chi connectivity index (χ1v) is 18.3. The molecule has 2 saturated carbocycles. The number of ether oxygens (including phenoxy) is 3. The summed E-state index contributed by atoms with van der Waals surface area (Å²) in [7, 11) is 0. The molecule has 4 aliphatic rings. The number of aliphatic hydroxyl groups is 3. The van der Waals surface area contributed by atoms with E-state index in [1.165, 1.54) is 56.9 Å². The van der Waals surface area contributed by atoms with Crippen molar-refractivity contribution in [3.05, 3.63) is 11.6 Å². The molecule has 1 heterocycles. The summed E-state index contributed by atoms with van der Waals surface area (Å²) < 4.78 is 16.9. The summed E-state index contributed by atoms with van der Waals surface area (Å²) in [4.78, 5) is 12.7. The molecule has 45 heavy (non-hydrogen) atoms. The van der Waals surface area contributed by atoms with Crippen molar-refractivity contribution in [1.82, 2.24) is 5.32 Å². The third-order valence-corrected chi connectivity index (χ3v) is 12.1. The highest BCUT2D eigenvalue weighted by atomic mass is 16.7. The molecule has 0 aromatic rings. The number of aliphatic hydroxyl groups excluding tert-OH is 3. The Morgan fingerprint density at radius 2 is 1.82 bits per heavy atom. The van der Waals surface area contributed by atoms with Gasteiger partial charge in [0.25, 0.3) is 0 Å². The molecule has 0 aromatic heterocycles. The fraction of sp³-hybridized carbons (Fsp3) is 0.919. The van der Waals surface area contributed by atoms with E-state index in [1.807, 2.05) is 0 Å². The molecular weight excluding hydrogens is 570 g/mol. The second-order valence-corrected chi connectivity index (χ2v) is 15.8. The molecule has 8 heteroatoms. The molecule has 0 radical (unpaired) electrons. The third kappa shape index (κ3) is 9.46. The van der Waals surface area contributed by atoms with Gasteiger partial charge in [-0.2, -0.15) is 0 Å². The van der Waals surface area contributed by atoms with Crippen LogP contribution < -0.4 is 5.32 Å². The first-order chi connectivity index (χ1) is 21.4. The van der Waals surface area contributed by atoms with Gasteiger partial charge in [-0.25, -0.2) is 4.79 Å². The zero-order valence-corrected chi connectivity index (χ0v) is 29.1. The van der Waals surface area contributed by atoms with Crippen LogP contribution in [0.4, 0.5) is 4.79 Å². The predicted octanol–water partition coefficient (Wildman–Crippen LogP) is 6.75. The zero-order valence-electron chi connectivity index (χ0n) is 29.1. The van der Waals surface area contributed by atoms with Gasteiger partial charge in [-0.15, -0.1) is 0 Å². The average molecular weight is 636 g/mol. The van der Waals surface area contributed by atoms with Crippen LogP contribution in [0.2, 0.25) is 0 Å². The summed E-state index contributed by atoms with van der Waals surface area (Å²) in [5.74, 6) is 4.90. The average Bonchev–Trinajstić information content (AvgIpc) is 3.34. The number of hydrogen-bond donors (Lipinski definition) is 4. The van der Waals surface area contributed by atoms with E-state index in [2.05, 4.69) is 46.0 Å². The van der Waals surface area contributed by atoms with E-state index >= 15 is 0 Å². The van der Waals surface area contributed by atoms with Gasteiger partial charge in [0, 0.05) is 13.0 Å². The molecule has 1 aliphatic heterocycles. The van der Waals surface area contributed by atoms with E-state index in [0.29, 0.717) is 18.4 Å². The summed E-state index contributed by atoms with van der Waals surface area (Å²) in [5, 5.41) is 32.7. The van der Waals surface area contributed by atoms with E-state index in [4.69, 9.17) is 14.2 Å². The van der Waals surface area contributed by atoms with Gasteiger partial charge in [0.2, 0.25) is 0 Å². The van der Waals surface area contributed by atoms with Crippen molar-refractivity contribution in [3.63, 3.8) is 0 Å². The summed E-state index contributed by atoms with van der Waals surface area (Å²) in [5.41, 5.74) is 1.82. The van der Waals surface area contributed by atoms with Crippen LogP contribution in [0.1, 0.15) is 125 Å². The summed E-state index contributed by atoms with van der Waals surface area (Å²) in [6.45, 7) is 14.3. The van der Waals surface area contributed by atoms with Crippen LogP contribution in [0.3, 0.4) is 0 Å². The minimum Gasteiger partial charge on any atom is -0.446 e. The Morgan fingerprint density at radius 3 is 2.58 bits per heavy atom. The molecule has 260 valence electrons. The summed E-state index contributed by atoms with van der Waals surface area (Å²) in [6, 6.07) is 0. The molecule has 12 atom stereocenters. The number of rotatable bonds is 11. The third-order valence-electron chi connectivity index (χ3n) is 12.1. The smallest absolute Gasteiger partial charge is 0.407 e. The Hall–Kier alpha value is -1.19. The SMILES string of the molecule is C/C1=C\CC2C(CCCC(OC(=O)NCCCOC3OC(C)[C@H](O)C(O)C3O)C1)CC[C@]1(C)C(C(C)CCCC(C)C)CCC21. The van der Waals surface area contributed by atoms with Gasteiger partial charge < -0.3 is 34.8 Å². The van der Waals surface area contributed by atoms with E-state index < -0.39 is 36.8 Å². The largest absolute Gasteiger partial charge is 0.446 e. The lowest BCUT2D eigenvalue weighted by Crippen LogP contribution is -2.57. The van der Waals surface area contributed by atoms with Crippen molar-refractivity contribution in [3.8, 4) is 0 Å². The van der Waals surface area contributed by atoms with Crippen LogP contribution in [-0.4, -0.2) is 71.4 Å². The molecule has 0 bridgehead atoms. The second kappa shape index (κ2) is 16.8. The van der Waals surface area contributed by atoms with Crippen molar-refractivity contribution in [2.75, 3.05) is 13.2 Å². The van der Waals surface area contributed by atoms with Crippen LogP contribution in [0, 0.1) is 40.9 Å². The Labute approximate surface area is 273 Å². The molecule has 4 N–H and O–H groups in total. The molecule has 0 spiro atoms. The maximum absolute atomic E-state index is 12.7. The zero-order chi connectivity index (χ0) is 32.7. The Morgan fingerprint density at radius 1 is 1.04 bits per heavy atom. The number of amides is 1. The Balaban J connectivity index is 1.22. The lowest BCUT2D eigenvalue weighted by atomic mass is 9.55. The fourth-order valence-electron chi connectivity index (χ4n) is 9.50. The molecule has 10 unspecified atom stereocenters. The number of nitrogens with one attached hydrogen (secondary N) is 1. The highest BCUT2D eigenvalue weighted by Gasteiger charge is 2.54. The Kier molecular flexibility index (Phi) is 13.7. The van der Waals surface area contributed by atoms with Crippen LogP contribution in [0.15, 0.2) is 11.6 Å². The highest BCUT2D eigenvalue weighted by Crippen LogP contribution is 2.62. The predicted molar refractivity (Wildman–Crippen MR) is 176 cm³/mol. The maximum atomic E-state index is 12.7. The standard InChI is InChI=1S/C37H65NO7/c1-23(2)10-7-11-25(4)30-16-17-31-29-15-14-24(3)22-28(13-8-12-27(29)18-19-37(30,31)6)45-36(42)38-20-9-21-43-35-34(41)33(40)32(39)26(5)44-35/h14,23,25-35,39-41H,7-13,15-22H2,1-6H3,(H,38,42)/b24-14+/t25?,26?,27?,28?,29?,30?,31?,32-,33?,34?,35?,37+/m0/s1. The van der Waals surface area contributed by atoms with Gasteiger partial charge in [0.1, 0.15) is 24.4 Å². The molecule has 8 nitrogen and oxygen atoms in total. The van der Waals surface area contributed by atoms with E-state index in [-0.39, 0.29) is 12.7 Å². The van der Waals surface area contributed by atoms with Gasteiger partial charge in [-0.3, -0.25) is 0 Å². The van der Waals surface area contributed by atoms with Crippen molar-refractivity contribution in [1.29, 1.82) is 0 Å². The fourth-order valence-corrected chi connectivity index (χ4v) is 9.50.